The van der Waals surface area contributed by atoms with Crippen LogP contribution in [0.5, 0.6) is 0 Å². The van der Waals surface area contributed by atoms with E-state index in [1.54, 1.807) is 0 Å². The van der Waals surface area contributed by atoms with E-state index in [2.05, 4.69) is 28.8 Å². The number of carbonyl (C=O) groups is 1. The minimum Gasteiger partial charge on any atom is -0.353 e. The van der Waals surface area contributed by atoms with Crippen LogP contribution in [-0.2, 0) is 24.2 Å². The third-order valence-corrected chi connectivity index (χ3v) is 4.31. The van der Waals surface area contributed by atoms with Gasteiger partial charge in [0.05, 0.1) is 6.42 Å². The number of nitrogens with one attached hydrogen (secondary N) is 2. The van der Waals surface area contributed by atoms with Crippen molar-refractivity contribution < 1.29 is 4.79 Å². The van der Waals surface area contributed by atoms with Gasteiger partial charge in [-0.2, -0.15) is 0 Å². The molecule has 3 heteroatoms. The van der Waals surface area contributed by atoms with E-state index < -0.39 is 0 Å². The Bertz CT molecular complexity index is 464. The number of benzene rings is 1. The van der Waals surface area contributed by atoms with Crippen molar-refractivity contribution in [1.82, 2.24) is 10.6 Å². The van der Waals surface area contributed by atoms with E-state index in [1.165, 1.54) is 29.5 Å². The summed E-state index contributed by atoms with van der Waals surface area (Å²) in [5, 5.41) is 6.57. The molecule has 0 aromatic heterocycles. The summed E-state index contributed by atoms with van der Waals surface area (Å²) in [6.07, 6.45) is 6.43. The number of rotatable bonds is 3. The Hall–Kier alpha value is -1.35. The monoisotopic (exact) mass is 258 g/mol. The topological polar surface area (TPSA) is 41.1 Å². The third-order valence-electron chi connectivity index (χ3n) is 4.31. The lowest BCUT2D eigenvalue weighted by Gasteiger charge is -2.20. The van der Waals surface area contributed by atoms with Gasteiger partial charge in [-0.15, -0.1) is 0 Å². The molecule has 1 aliphatic carbocycles. The predicted octanol–water partition coefficient (Wildman–Crippen LogP) is 1.93. The van der Waals surface area contributed by atoms with Gasteiger partial charge in [0.1, 0.15) is 0 Å². The Morgan fingerprint density at radius 1 is 1.32 bits per heavy atom. The second kappa shape index (κ2) is 5.74. The molecule has 1 saturated carbocycles. The van der Waals surface area contributed by atoms with Crippen LogP contribution in [0, 0.1) is 0 Å². The minimum absolute atomic E-state index is 0.186. The molecular weight excluding hydrogens is 236 g/mol. The van der Waals surface area contributed by atoms with E-state index >= 15 is 0 Å². The Morgan fingerprint density at radius 3 is 3.00 bits per heavy atom. The van der Waals surface area contributed by atoms with Crippen molar-refractivity contribution in [3.63, 3.8) is 0 Å². The van der Waals surface area contributed by atoms with Gasteiger partial charge in [0.2, 0.25) is 5.91 Å². The maximum Gasteiger partial charge on any atom is 0.224 e. The quantitative estimate of drug-likeness (QED) is 0.870. The highest BCUT2D eigenvalue weighted by Gasteiger charge is 2.19. The maximum absolute atomic E-state index is 12.1. The Labute approximate surface area is 114 Å². The highest BCUT2D eigenvalue weighted by atomic mass is 16.1. The van der Waals surface area contributed by atoms with Crippen molar-refractivity contribution in [1.29, 1.82) is 0 Å². The smallest absolute Gasteiger partial charge is 0.224 e. The summed E-state index contributed by atoms with van der Waals surface area (Å²) >= 11 is 0. The van der Waals surface area contributed by atoms with Crippen molar-refractivity contribution in [3.05, 3.63) is 34.9 Å². The molecule has 0 radical (unpaired) electrons. The summed E-state index contributed by atoms with van der Waals surface area (Å²) < 4.78 is 0. The summed E-state index contributed by atoms with van der Waals surface area (Å²) in [4.78, 5) is 12.1. The second-order valence-corrected chi connectivity index (χ2v) is 5.71. The van der Waals surface area contributed by atoms with Crippen LogP contribution < -0.4 is 10.6 Å². The molecule has 2 aliphatic rings. The van der Waals surface area contributed by atoms with Gasteiger partial charge < -0.3 is 10.6 Å². The van der Waals surface area contributed by atoms with Crippen molar-refractivity contribution in [3.8, 4) is 0 Å². The molecule has 1 aliphatic heterocycles. The standard InChI is InChI=1S/C16H22N2O/c19-16(18-14-6-1-2-7-14)10-13-5-3-4-12-8-9-17-11-15(12)13/h3-5,14,17H,1-2,6-11H2,(H,18,19). The lowest BCUT2D eigenvalue weighted by molar-refractivity contribution is -0.121. The normalized spacial score (nSPS) is 19.2. The van der Waals surface area contributed by atoms with Gasteiger partial charge in [-0.1, -0.05) is 31.0 Å². The first-order chi connectivity index (χ1) is 9.33. The second-order valence-electron chi connectivity index (χ2n) is 5.71. The van der Waals surface area contributed by atoms with E-state index in [-0.39, 0.29) is 5.91 Å². The average molecular weight is 258 g/mol. The summed E-state index contributed by atoms with van der Waals surface area (Å²) in [5.41, 5.74) is 3.94. The molecule has 102 valence electrons. The van der Waals surface area contributed by atoms with Crippen molar-refractivity contribution in [2.45, 2.75) is 51.1 Å². The van der Waals surface area contributed by atoms with E-state index in [1.807, 2.05) is 0 Å². The SMILES string of the molecule is O=C(Cc1cccc2c1CNCC2)NC1CCCC1. The van der Waals surface area contributed by atoms with Gasteiger partial charge in [0.15, 0.2) is 0 Å². The zero-order valence-electron chi connectivity index (χ0n) is 11.4. The average Bonchev–Trinajstić information content (AvgIpc) is 2.92. The Balaban J connectivity index is 1.67. The van der Waals surface area contributed by atoms with Crippen LogP contribution in [0.3, 0.4) is 0 Å². The van der Waals surface area contributed by atoms with Crippen molar-refractivity contribution >= 4 is 5.91 Å². The number of hydrogen-bond donors (Lipinski definition) is 2. The molecule has 2 N–H and O–H groups in total. The van der Waals surface area contributed by atoms with Gasteiger partial charge in [-0.3, -0.25) is 4.79 Å². The van der Waals surface area contributed by atoms with E-state index in [9.17, 15) is 4.79 Å². The lowest BCUT2D eigenvalue weighted by Crippen LogP contribution is -2.34. The summed E-state index contributed by atoms with van der Waals surface area (Å²) in [7, 11) is 0. The molecule has 0 saturated heterocycles. The molecule has 0 bridgehead atoms. The van der Waals surface area contributed by atoms with E-state index in [0.717, 1.165) is 32.4 Å². The van der Waals surface area contributed by atoms with Crippen LogP contribution in [0.1, 0.15) is 42.4 Å². The predicted molar refractivity (Wildman–Crippen MR) is 76.0 cm³/mol. The third kappa shape index (κ3) is 2.98. The van der Waals surface area contributed by atoms with Crippen molar-refractivity contribution in [2.24, 2.45) is 0 Å². The number of carbonyl (C=O) groups excluding carboxylic acids is 1. The summed E-state index contributed by atoms with van der Waals surface area (Å²) in [5.74, 6) is 0.186. The molecule has 3 rings (SSSR count). The number of fused-ring (bicyclic) bond motifs is 1. The van der Waals surface area contributed by atoms with Gasteiger partial charge >= 0.3 is 0 Å². The molecule has 1 aromatic rings. The summed E-state index contributed by atoms with van der Waals surface area (Å²) in [6, 6.07) is 6.79. The molecule has 0 atom stereocenters. The number of amides is 1. The minimum atomic E-state index is 0.186. The molecule has 0 spiro atoms. The van der Waals surface area contributed by atoms with Gasteiger partial charge in [0, 0.05) is 12.6 Å². The van der Waals surface area contributed by atoms with Crippen LogP contribution in [0.25, 0.3) is 0 Å². The van der Waals surface area contributed by atoms with Crippen LogP contribution in [-0.4, -0.2) is 18.5 Å². The fourth-order valence-electron chi connectivity index (χ4n) is 3.27. The highest BCUT2D eigenvalue weighted by Crippen LogP contribution is 2.20. The molecule has 1 amide bonds. The van der Waals surface area contributed by atoms with Gasteiger partial charge in [0.25, 0.3) is 0 Å². The van der Waals surface area contributed by atoms with Crippen LogP contribution >= 0.6 is 0 Å². The Kier molecular flexibility index (Phi) is 3.83. The first-order valence-electron chi connectivity index (χ1n) is 7.42. The maximum atomic E-state index is 12.1. The first kappa shape index (κ1) is 12.7. The zero-order chi connectivity index (χ0) is 13.1. The lowest BCUT2D eigenvalue weighted by atomic mass is 9.94. The van der Waals surface area contributed by atoms with E-state index in [0.29, 0.717) is 12.5 Å². The largest absolute Gasteiger partial charge is 0.353 e. The van der Waals surface area contributed by atoms with Crippen LogP contribution in [0.2, 0.25) is 0 Å². The molecular formula is C16H22N2O. The van der Waals surface area contributed by atoms with E-state index in [4.69, 9.17) is 0 Å². The van der Waals surface area contributed by atoms with Crippen LogP contribution in [0.15, 0.2) is 18.2 Å². The fraction of sp³-hybridized carbons (Fsp3) is 0.562. The van der Waals surface area contributed by atoms with Gasteiger partial charge in [-0.05, 0) is 42.5 Å². The molecule has 1 aromatic carbocycles. The molecule has 1 heterocycles. The summed E-state index contributed by atoms with van der Waals surface area (Å²) in [6.45, 7) is 1.95. The first-order valence-corrected chi connectivity index (χ1v) is 7.42. The molecule has 0 unspecified atom stereocenters. The fourth-order valence-corrected chi connectivity index (χ4v) is 3.27. The Morgan fingerprint density at radius 2 is 2.16 bits per heavy atom. The molecule has 1 fully saturated rings. The van der Waals surface area contributed by atoms with Crippen LogP contribution in [0.4, 0.5) is 0 Å². The van der Waals surface area contributed by atoms with Crippen molar-refractivity contribution in [2.75, 3.05) is 6.54 Å². The van der Waals surface area contributed by atoms with Gasteiger partial charge in [-0.25, -0.2) is 0 Å². The molecule has 3 nitrogen and oxygen atoms in total. The highest BCUT2D eigenvalue weighted by molar-refractivity contribution is 5.79. The molecule has 19 heavy (non-hydrogen) atoms. The zero-order valence-corrected chi connectivity index (χ0v) is 11.4. The number of hydrogen-bond acceptors (Lipinski definition) is 2.